The van der Waals surface area contributed by atoms with Gasteiger partial charge < -0.3 is 10.1 Å². The molecule has 3 nitrogen and oxygen atoms in total. The van der Waals surface area contributed by atoms with Crippen LogP contribution < -0.4 is 10.1 Å². The van der Waals surface area contributed by atoms with Crippen molar-refractivity contribution in [1.82, 2.24) is 5.32 Å². The van der Waals surface area contributed by atoms with Crippen molar-refractivity contribution in [3.63, 3.8) is 0 Å². The molecule has 1 fully saturated rings. The zero-order valence-corrected chi connectivity index (χ0v) is 8.96. The number of carbonyl (C=O) groups excluding carboxylic acids is 1. The van der Waals surface area contributed by atoms with Gasteiger partial charge in [0.2, 0.25) is 0 Å². The summed E-state index contributed by atoms with van der Waals surface area (Å²) in [6, 6.07) is 6.80. The number of nitrogens with one attached hydrogen (secondary N) is 1. The minimum atomic E-state index is -0.249. The first-order chi connectivity index (χ1) is 7.27. The van der Waals surface area contributed by atoms with Crippen molar-refractivity contribution in [2.75, 3.05) is 6.54 Å². The van der Waals surface area contributed by atoms with Crippen LogP contribution in [0.1, 0.15) is 12.8 Å². The third kappa shape index (κ3) is 2.49. The minimum Gasteiger partial charge on any atom is -0.424 e. The SMILES string of the molecule is O=C(Oc1ccccc1Cl)C1CCCN1. The molecule has 0 amide bonds. The topological polar surface area (TPSA) is 38.3 Å². The van der Waals surface area contributed by atoms with Crippen LogP contribution >= 0.6 is 11.6 Å². The Morgan fingerprint density at radius 1 is 1.47 bits per heavy atom. The van der Waals surface area contributed by atoms with Crippen molar-refractivity contribution in [2.24, 2.45) is 0 Å². The lowest BCUT2D eigenvalue weighted by atomic mass is 10.2. The van der Waals surface area contributed by atoms with Gasteiger partial charge in [-0.15, -0.1) is 0 Å². The summed E-state index contributed by atoms with van der Waals surface area (Å²) in [6.45, 7) is 0.877. The van der Waals surface area contributed by atoms with E-state index in [1.807, 2.05) is 0 Å². The molecule has 80 valence electrons. The molecule has 2 rings (SSSR count). The van der Waals surface area contributed by atoms with Crippen LogP contribution in [0.2, 0.25) is 5.02 Å². The van der Waals surface area contributed by atoms with Crippen molar-refractivity contribution >= 4 is 17.6 Å². The summed E-state index contributed by atoms with van der Waals surface area (Å²) in [5.74, 6) is 0.179. The first kappa shape index (κ1) is 10.5. The predicted molar refractivity (Wildman–Crippen MR) is 58.1 cm³/mol. The number of rotatable bonds is 2. The Hall–Kier alpha value is -1.06. The summed E-state index contributed by atoms with van der Waals surface area (Å²) in [5, 5.41) is 3.54. The van der Waals surface area contributed by atoms with Gasteiger partial charge in [-0.2, -0.15) is 0 Å². The molecule has 1 aliphatic rings. The molecule has 1 heterocycles. The van der Waals surface area contributed by atoms with Crippen LogP contribution in [-0.2, 0) is 4.79 Å². The molecule has 0 radical (unpaired) electrons. The Morgan fingerprint density at radius 3 is 2.93 bits per heavy atom. The molecular formula is C11H12ClNO2. The maximum Gasteiger partial charge on any atom is 0.328 e. The van der Waals surface area contributed by atoms with E-state index in [1.165, 1.54) is 0 Å². The van der Waals surface area contributed by atoms with Gasteiger partial charge in [-0.1, -0.05) is 23.7 Å². The van der Waals surface area contributed by atoms with Gasteiger partial charge in [0, 0.05) is 0 Å². The quantitative estimate of drug-likeness (QED) is 0.618. The van der Waals surface area contributed by atoms with Crippen molar-refractivity contribution in [1.29, 1.82) is 0 Å². The Kier molecular flexibility index (Phi) is 3.23. The Morgan fingerprint density at radius 2 is 2.27 bits per heavy atom. The van der Waals surface area contributed by atoms with Gasteiger partial charge >= 0.3 is 5.97 Å². The average molecular weight is 226 g/mol. The van der Waals surface area contributed by atoms with E-state index >= 15 is 0 Å². The second kappa shape index (κ2) is 4.64. The van der Waals surface area contributed by atoms with Gasteiger partial charge in [0.1, 0.15) is 11.8 Å². The lowest BCUT2D eigenvalue weighted by molar-refractivity contribution is -0.136. The second-order valence-electron chi connectivity index (χ2n) is 3.50. The molecule has 15 heavy (non-hydrogen) atoms. The molecule has 0 aromatic heterocycles. The zero-order valence-electron chi connectivity index (χ0n) is 8.20. The standard InChI is InChI=1S/C11H12ClNO2/c12-8-4-1-2-6-10(8)15-11(14)9-5-3-7-13-9/h1-2,4,6,9,13H,3,5,7H2. The summed E-state index contributed by atoms with van der Waals surface area (Å²) in [7, 11) is 0. The number of ether oxygens (including phenoxy) is 1. The molecule has 0 saturated carbocycles. The zero-order chi connectivity index (χ0) is 10.7. The lowest BCUT2D eigenvalue weighted by Crippen LogP contribution is -2.34. The molecular weight excluding hydrogens is 214 g/mol. The highest BCUT2D eigenvalue weighted by Crippen LogP contribution is 2.24. The van der Waals surface area contributed by atoms with E-state index in [0.717, 1.165) is 19.4 Å². The Balaban J connectivity index is 2.02. The highest BCUT2D eigenvalue weighted by molar-refractivity contribution is 6.32. The third-order valence-electron chi connectivity index (χ3n) is 2.39. The smallest absolute Gasteiger partial charge is 0.328 e. The number of para-hydroxylation sites is 1. The Labute approximate surface area is 93.4 Å². The summed E-state index contributed by atoms with van der Waals surface area (Å²) < 4.78 is 5.20. The van der Waals surface area contributed by atoms with E-state index in [1.54, 1.807) is 24.3 Å². The van der Waals surface area contributed by atoms with Crippen molar-refractivity contribution < 1.29 is 9.53 Å². The van der Waals surface area contributed by atoms with Gasteiger partial charge in [0.15, 0.2) is 0 Å². The summed E-state index contributed by atoms with van der Waals surface area (Å²) >= 11 is 5.88. The number of esters is 1. The molecule has 1 saturated heterocycles. The number of carbonyl (C=O) groups is 1. The highest BCUT2D eigenvalue weighted by atomic mass is 35.5. The van der Waals surface area contributed by atoms with Crippen LogP contribution in [0.15, 0.2) is 24.3 Å². The van der Waals surface area contributed by atoms with Gasteiger partial charge in [-0.3, -0.25) is 0 Å². The molecule has 1 unspecified atom stereocenters. The van der Waals surface area contributed by atoms with Gasteiger partial charge in [-0.05, 0) is 31.5 Å². The van der Waals surface area contributed by atoms with E-state index < -0.39 is 0 Å². The van der Waals surface area contributed by atoms with E-state index in [4.69, 9.17) is 16.3 Å². The molecule has 1 aliphatic heterocycles. The minimum absolute atomic E-state index is 0.179. The second-order valence-corrected chi connectivity index (χ2v) is 3.91. The van der Waals surface area contributed by atoms with Crippen molar-refractivity contribution in [2.45, 2.75) is 18.9 Å². The summed E-state index contributed by atoms with van der Waals surface area (Å²) in [5.41, 5.74) is 0. The first-order valence-electron chi connectivity index (χ1n) is 4.97. The molecule has 0 aliphatic carbocycles. The van der Waals surface area contributed by atoms with Crippen molar-refractivity contribution in [3.8, 4) is 5.75 Å². The van der Waals surface area contributed by atoms with Crippen LogP contribution in [-0.4, -0.2) is 18.6 Å². The lowest BCUT2D eigenvalue weighted by Gasteiger charge is -2.10. The summed E-state index contributed by atoms with van der Waals surface area (Å²) in [6.07, 6.45) is 1.85. The number of hydrogen-bond acceptors (Lipinski definition) is 3. The predicted octanol–water partition coefficient (Wildman–Crippen LogP) is 2.00. The fourth-order valence-corrected chi connectivity index (χ4v) is 1.77. The molecule has 1 aromatic rings. The van der Waals surface area contributed by atoms with Crippen LogP contribution in [0.3, 0.4) is 0 Å². The van der Waals surface area contributed by atoms with Gasteiger partial charge in [0.25, 0.3) is 0 Å². The average Bonchev–Trinajstić information content (AvgIpc) is 2.74. The van der Waals surface area contributed by atoms with Crippen LogP contribution in [0.4, 0.5) is 0 Å². The van der Waals surface area contributed by atoms with E-state index in [-0.39, 0.29) is 12.0 Å². The molecule has 0 bridgehead atoms. The van der Waals surface area contributed by atoms with E-state index in [2.05, 4.69) is 5.32 Å². The third-order valence-corrected chi connectivity index (χ3v) is 2.70. The molecule has 4 heteroatoms. The van der Waals surface area contributed by atoms with Gasteiger partial charge in [0.05, 0.1) is 5.02 Å². The highest BCUT2D eigenvalue weighted by Gasteiger charge is 2.24. The maximum atomic E-state index is 11.6. The largest absolute Gasteiger partial charge is 0.424 e. The maximum absolute atomic E-state index is 11.6. The number of hydrogen-bond donors (Lipinski definition) is 1. The van der Waals surface area contributed by atoms with Crippen LogP contribution in [0, 0.1) is 0 Å². The fraction of sp³-hybridized carbons (Fsp3) is 0.364. The van der Waals surface area contributed by atoms with E-state index in [0.29, 0.717) is 10.8 Å². The monoisotopic (exact) mass is 225 g/mol. The Bertz CT molecular complexity index is 361. The normalized spacial score (nSPS) is 20.2. The first-order valence-corrected chi connectivity index (χ1v) is 5.35. The number of halogens is 1. The van der Waals surface area contributed by atoms with Crippen LogP contribution in [0.25, 0.3) is 0 Å². The van der Waals surface area contributed by atoms with Crippen LogP contribution in [0.5, 0.6) is 5.75 Å². The molecule has 1 aromatic carbocycles. The van der Waals surface area contributed by atoms with E-state index in [9.17, 15) is 4.79 Å². The number of benzene rings is 1. The molecule has 1 atom stereocenters. The summed E-state index contributed by atoms with van der Waals surface area (Å²) in [4.78, 5) is 11.6. The molecule has 1 N–H and O–H groups in total. The van der Waals surface area contributed by atoms with Crippen molar-refractivity contribution in [3.05, 3.63) is 29.3 Å². The van der Waals surface area contributed by atoms with Gasteiger partial charge in [-0.25, -0.2) is 4.79 Å². The molecule has 0 spiro atoms. The fourth-order valence-electron chi connectivity index (χ4n) is 1.59.